The summed E-state index contributed by atoms with van der Waals surface area (Å²) >= 11 is 0. The van der Waals surface area contributed by atoms with Crippen LogP contribution in [0.5, 0.6) is 5.75 Å². The number of rotatable bonds is 7. The zero-order valence-electron chi connectivity index (χ0n) is 18.3. The van der Waals surface area contributed by atoms with Crippen molar-refractivity contribution in [2.75, 3.05) is 13.7 Å². The average molecular weight is 425 g/mol. The summed E-state index contributed by atoms with van der Waals surface area (Å²) < 4.78 is 21.5. The number of aromatic nitrogens is 3. The van der Waals surface area contributed by atoms with Gasteiger partial charge in [0.15, 0.2) is 17.2 Å². The van der Waals surface area contributed by atoms with Crippen LogP contribution in [-0.4, -0.2) is 39.0 Å². The van der Waals surface area contributed by atoms with E-state index in [9.17, 15) is 9.18 Å². The summed E-state index contributed by atoms with van der Waals surface area (Å²) in [6.07, 6.45) is 6.36. The number of carbonyl (C=O) groups excluding carboxylic acids is 1. The van der Waals surface area contributed by atoms with Gasteiger partial charge in [-0.05, 0) is 49.1 Å². The number of hydrogen-bond acceptors (Lipinski definition) is 4. The summed E-state index contributed by atoms with van der Waals surface area (Å²) in [6.45, 7) is 5.04. The van der Waals surface area contributed by atoms with Gasteiger partial charge in [-0.2, -0.15) is 0 Å². The van der Waals surface area contributed by atoms with E-state index in [2.05, 4.69) is 23.4 Å². The van der Waals surface area contributed by atoms with Gasteiger partial charge in [-0.15, -0.1) is 0 Å². The van der Waals surface area contributed by atoms with Crippen molar-refractivity contribution < 1.29 is 13.9 Å². The zero-order valence-corrected chi connectivity index (χ0v) is 18.3. The SMILES string of the molecule is COc1ccc(C(=O)N(Cc2nc3cccnc3n2C2CCCC2)CC(C)C)cc1F. The van der Waals surface area contributed by atoms with Crippen molar-refractivity contribution >= 4 is 17.1 Å². The number of fused-ring (bicyclic) bond motifs is 1. The lowest BCUT2D eigenvalue weighted by Crippen LogP contribution is -2.35. The molecule has 6 nitrogen and oxygen atoms in total. The van der Waals surface area contributed by atoms with Gasteiger partial charge in [0.2, 0.25) is 0 Å². The van der Waals surface area contributed by atoms with E-state index >= 15 is 0 Å². The van der Waals surface area contributed by atoms with E-state index in [0.717, 1.165) is 29.8 Å². The first-order valence-electron chi connectivity index (χ1n) is 10.9. The molecule has 2 heterocycles. The molecule has 4 rings (SSSR count). The molecule has 1 saturated carbocycles. The molecular weight excluding hydrogens is 395 g/mol. The molecule has 7 heteroatoms. The van der Waals surface area contributed by atoms with Crippen LogP contribution in [0.1, 0.15) is 61.8 Å². The molecule has 1 amide bonds. The first-order chi connectivity index (χ1) is 15.0. The van der Waals surface area contributed by atoms with Crippen LogP contribution in [0.15, 0.2) is 36.5 Å². The number of halogens is 1. The predicted octanol–water partition coefficient (Wildman–Crippen LogP) is 4.99. The Morgan fingerprint density at radius 2 is 2.06 bits per heavy atom. The van der Waals surface area contributed by atoms with Gasteiger partial charge in [0.1, 0.15) is 11.3 Å². The zero-order chi connectivity index (χ0) is 22.0. The van der Waals surface area contributed by atoms with Crippen LogP contribution in [0.3, 0.4) is 0 Å². The van der Waals surface area contributed by atoms with Crippen LogP contribution in [-0.2, 0) is 6.54 Å². The highest BCUT2D eigenvalue weighted by Crippen LogP contribution is 2.33. The molecule has 0 bridgehead atoms. The Kier molecular flexibility index (Phi) is 6.20. The highest BCUT2D eigenvalue weighted by atomic mass is 19.1. The van der Waals surface area contributed by atoms with E-state index < -0.39 is 5.82 Å². The Morgan fingerprint density at radius 1 is 1.29 bits per heavy atom. The number of methoxy groups -OCH3 is 1. The Labute approximate surface area is 182 Å². The van der Waals surface area contributed by atoms with Crippen molar-refractivity contribution in [2.24, 2.45) is 5.92 Å². The molecule has 1 aliphatic rings. The van der Waals surface area contributed by atoms with Crippen molar-refractivity contribution in [1.82, 2.24) is 19.4 Å². The maximum absolute atomic E-state index is 14.3. The van der Waals surface area contributed by atoms with Gasteiger partial charge in [0, 0.05) is 24.3 Å². The molecule has 0 atom stereocenters. The lowest BCUT2D eigenvalue weighted by molar-refractivity contribution is 0.0714. The Bertz CT molecular complexity index is 1070. The van der Waals surface area contributed by atoms with E-state index in [1.54, 1.807) is 17.2 Å². The standard InChI is InChI=1S/C24H29FN4O2/c1-16(2)14-28(24(30)17-10-11-21(31-3)19(25)13-17)15-22-27-20-9-6-12-26-23(20)29(22)18-7-4-5-8-18/h6,9-13,16,18H,4-5,7-8,14-15H2,1-3H3. The van der Waals surface area contributed by atoms with Crippen LogP contribution >= 0.6 is 0 Å². The number of hydrogen-bond donors (Lipinski definition) is 0. The molecule has 0 aliphatic heterocycles. The molecule has 3 aromatic rings. The topological polar surface area (TPSA) is 60.2 Å². The summed E-state index contributed by atoms with van der Waals surface area (Å²) in [5, 5.41) is 0. The smallest absolute Gasteiger partial charge is 0.254 e. The highest BCUT2D eigenvalue weighted by molar-refractivity contribution is 5.94. The Hall–Kier alpha value is -2.96. The molecule has 0 unspecified atom stereocenters. The lowest BCUT2D eigenvalue weighted by Gasteiger charge is -2.26. The molecule has 1 fully saturated rings. The summed E-state index contributed by atoms with van der Waals surface area (Å²) in [6, 6.07) is 8.55. The molecule has 1 aromatic carbocycles. The summed E-state index contributed by atoms with van der Waals surface area (Å²) in [7, 11) is 1.41. The Morgan fingerprint density at radius 3 is 2.74 bits per heavy atom. The normalized spacial score (nSPS) is 14.5. The number of benzene rings is 1. The van der Waals surface area contributed by atoms with Crippen molar-refractivity contribution in [3.63, 3.8) is 0 Å². The van der Waals surface area contributed by atoms with E-state index in [1.807, 2.05) is 12.1 Å². The maximum atomic E-state index is 14.3. The summed E-state index contributed by atoms with van der Waals surface area (Å²) in [5.41, 5.74) is 2.02. The highest BCUT2D eigenvalue weighted by Gasteiger charge is 2.26. The second-order valence-electron chi connectivity index (χ2n) is 8.61. The van der Waals surface area contributed by atoms with Gasteiger partial charge >= 0.3 is 0 Å². The van der Waals surface area contributed by atoms with E-state index in [4.69, 9.17) is 9.72 Å². The van der Waals surface area contributed by atoms with Crippen LogP contribution < -0.4 is 4.74 Å². The molecule has 31 heavy (non-hydrogen) atoms. The predicted molar refractivity (Wildman–Crippen MR) is 118 cm³/mol. The fourth-order valence-corrected chi connectivity index (χ4v) is 4.45. The van der Waals surface area contributed by atoms with Gasteiger partial charge in [-0.1, -0.05) is 26.7 Å². The molecule has 2 aromatic heterocycles. The molecule has 0 N–H and O–H groups in total. The van der Waals surface area contributed by atoms with Crippen molar-refractivity contribution in [2.45, 2.75) is 52.1 Å². The quantitative estimate of drug-likeness (QED) is 0.536. The molecule has 164 valence electrons. The van der Waals surface area contributed by atoms with Crippen molar-refractivity contribution in [3.05, 3.63) is 53.7 Å². The van der Waals surface area contributed by atoms with Gasteiger partial charge < -0.3 is 14.2 Å². The van der Waals surface area contributed by atoms with E-state index in [-0.39, 0.29) is 17.6 Å². The van der Waals surface area contributed by atoms with Crippen LogP contribution in [0.2, 0.25) is 0 Å². The van der Waals surface area contributed by atoms with Gasteiger partial charge in [-0.25, -0.2) is 14.4 Å². The molecule has 0 radical (unpaired) electrons. The number of imidazole rings is 1. The maximum Gasteiger partial charge on any atom is 0.254 e. The third-order valence-electron chi connectivity index (χ3n) is 5.82. The summed E-state index contributed by atoms with van der Waals surface area (Å²) in [4.78, 5) is 24.5. The molecular formula is C24H29FN4O2. The Balaban J connectivity index is 1.70. The number of pyridine rings is 1. The largest absolute Gasteiger partial charge is 0.494 e. The monoisotopic (exact) mass is 424 g/mol. The number of amides is 1. The minimum atomic E-state index is -0.541. The lowest BCUT2D eigenvalue weighted by atomic mass is 10.1. The van der Waals surface area contributed by atoms with E-state index in [0.29, 0.717) is 24.7 Å². The fraction of sp³-hybridized carbons (Fsp3) is 0.458. The molecule has 1 aliphatic carbocycles. The van der Waals surface area contributed by atoms with Crippen molar-refractivity contribution in [3.8, 4) is 5.75 Å². The molecule has 0 spiro atoms. The second-order valence-corrected chi connectivity index (χ2v) is 8.61. The number of carbonyl (C=O) groups is 1. The van der Waals surface area contributed by atoms with Crippen LogP contribution in [0.25, 0.3) is 11.2 Å². The van der Waals surface area contributed by atoms with Crippen molar-refractivity contribution in [1.29, 1.82) is 0 Å². The van der Waals surface area contributed by atoms with Crippen LogP contribution in [0.4, 0.5) is 4.39 Å². The minimum absolute atomic E-state index is 0.126. The minimum Gasteiger partial charge on any atom is -0.494 e. The van der Waals surface area contributed by atoms with E-state index in [1.165, 1.54) is 32.1 Å². The third-order valence-corrected chi connectivity index (χ3v) is 5.82. The number of nitrogens with zero attached hydrogens (tertiary/aromatic N) is 4. The van der Waals surface area contributed by atoms with Gasteiger partial charge in [0.05, 0.1) is 13.7 Å². The number of ether oxygens (including phenoxy) is 1. The van der Waals surface area contributed by atoms with Gasteiger partial charge in [0.25, 0.3) is 5.91 Å². The second kappa shape index (κ2) is 9.04. The first-order valence-corrected chi connectivity index (χ1v) is 10.9. The fourth-order valence-electron chi connectivity index (χ4n) is 4.45. The third kappa shape index (κ3) is 4.40. The molecule has 0 saturated heterocycles. The van der Waals surface area contributed by atoms with Crippen LogP contribution in [0, 0.1) is 11.7 Å². The van der Waals surface area contributed by atoms with Gasteiger partial charge in [-0.3, -0.25) is 4.79 Å². The average Bonchev–Trinajstić information content (AvgIpc) is 3.39. The summed E-state index contributed by atoms with van der Waals surface area (Å²) in [5.74, 6) is 0.465. The first kappa shape index (κ1) is 21.3.